The molecule has 6 heteroatoms. The monoisotopic (exact) mass is 447 g/mol. The number of carbonyl (C=O) groups excluding carboxylic acids is 2. The highest BCUT2D eigenvalue weighted by atomic mass is 16.5. The van der Waals surface area contributed by atoms with Crippen LogP contribution in [0.1, 0.15) is 48.8 Å². The van der Waals surface area contributed by atoms with Crippen LogP contribution in [0.3, 0.4) is 0 Å². The van der Waals surface area contributed by atoms with Crippen molar-refractivity contribution in [3.8, 4) is 0 Å². The molecule has 1 N–H and O–H groups in total. The molecule has 174 valence electrons. The van der Waals surface area contributed by atoms with Crippen LogP contribution >= 0.6 is 0 Å². The van der Waals surface area contributed by atoms with Crippen molar-refractivity contribution >= 4 is 22.7 Å². The zero-order chi connectivity index (χ0) is 23.6. The molecule has 3 aromatic rings. The highest BCUT2D eigenvalue weighted by molar-refractivity contribution is 6.03. The fourth-order valence-corrected chi connectivity index (χ4v) is 4.53. The van der Waals surface area contributed by atoms with Gasteiger partial charge in [0.1, 0.15) is 11.2 Å². The van der Waals surface area contributed by atoms with Crippen LogP contribution < -0.4 is 5.32 Å². The van der Waals surface area contributed by atoms with Crippen LogP contribution in [0.25, 0.3) is 10.9 Å². The molecule has 0 saturated heterocycles. The Morgan fingerprint density at radius 3 is 2.70 bits per heavy atom. The van der Waals surface area contributed by atoms with E-state index in [4.69, 9.17) is 4.74 Å². The minimum Gasteiger partial charge on any atom is -0.379 e. The Kier molecular flexibility index (Phi) is 6.56. The summed E-state index contributed by atoms with van der Waals surface area (Å²) in [4.78, 5) is 29.0. The molecule has 0 fully saturated rings. The van der Waals surface area contributed by atoms with E-state index < -0.39 is 5.54 Å². The number of para-hydroxylation sites is 1. The summed E-state index contributed by atoms with van der Waals surface area (Å²) in [7, 11) is 0. The molecular formula is C27H33N3O3. The van der Waals surface area contributed by atoms with Crippen molar-refractivity contribution < 1.29 is 14.3 Å². The van der Waals surface area contributed by atoms with Gasteiger partial charge < -0.3 is 19.5 Å². The molecule has 6 nitrogen and oxygen atoms in total. The van der Waals surface area contributed by atoms with E-state index in [1.54, 1.807) is 4.90 Å². The van der Waals surface area contributed by atoms with E-state index in [9.17, 15) is 9.59 Å². The van der Waals surface area contributed by atoms with Gasteiger partial charge in [-0.3, -0.25) is 9.59 Å². The number of fused-ring (bicyclic) bond motifs is 3. The summed E-state index contributed by atoms with van der Waals surface area (Å²) in [6, 6.07) is 18.0. The third-order valence-corrected chi connectivity index (χ3v) is 6.31. The zero-order valence-electron chi connectivity index (χ0n) is 19.9. The van der Waals surface area contributed by atoms with Gasteiger partial charge in [0.25, 0.3) is 5.91 Å². The number of ether oxygens (including phenoxy) is 1. The second-order valence-corrected chi connectivity index (χ2v) is 9.36. The lowest BCUT2D eigenvalue weighted by molar-refractivity contribution is -0.133. The lowest BCUT2D eigenvalue weighted by Crippen LogP contribution is -2.63. The SMILES string of the molecule is Cc1cccc(CN2C(=O)c3cc4ccccc4n3C[C@]2(C)C(=O)NCCCOC(C)C)c1. The number of benzene rings is 2. The van der Waals surface area contributed by atoms with Crippen molar-refractivity contribution in [1.82, 2.24) is 14.8 Å². The van der Waals surface area contributed by atoms with Crippen LogP contribution in [0.15, 0.2) is 54.6 Å². The van der Waals surface area contributed by atoms with E-state index in [1.807, 2.05) is 80.8 Å². The summed E-state index contributed by atoms with van der Waals surface area (Å²) in [5.74, 6) is -0.267. The molecule has 1 aliphatic heterocycles. The molecule has 0 spiro atoms. The highest BCUT2D eigenvalue weighted by Crippen LogP contribution is 2.33. The molecule has 0 aliphatic carbocycles. The van der Waals surface area contributed by atoms with Crippen molar-refractivity contribution in [2.75, 3.05) is 13.2 Å². The van der Waals surface area contributed by atoms with Gasteiger partial charge in [-0.15, -0.1) is 0 Å². The first-order chi connectivity index (χ1) is 15.8. The van der Waals surface area contributed by atoms with Crippen LogP contribution in [-0.4, -0.2) is 46.1 Å². The molecule has 2 aromatic carbocycles. The van der Waals surface area contributed by atoms with Crippen LogP contribution in [0.4, 0.5) is 0 Å². The summed E-state index contributed by atoms with van der Waals surface area (Å²) in [5.41, 5.74) is 2.72. The van der Waals surface area contributed by atoms with E-state index in [1.165, 1.54) is 0 Å². The van der Waals surface area contributed by atoms with Crippen LogP contribution in [-0.2, 0) is 22.6 Å². The smallest absolute Gasteiger partial charge is 0.271 e. The molecular weight excluding hydrogens is 414 g/mol. The van der Waals surface area contributed by atoms with E-state index in [0.29, 0.717) is 31.9 Å². The standard InChI is InChI=1S/C27H33N3O3/c1-19(2)33-14-8-13-28-26(32)27(4)18-29-23-12-6-5-11-22(23)16-24(29)25(31)30(27)17-21-10-7-9-20(3)15-21/h5-7,9-12,15-16,19H,8,13-14,17-18H2,1-4H3,(H,28,32)/t27-/m1/s1. The topological polar surface area (TPSA) is 63.6 Å². The van der Waals surface area contributed by atoms with Crippen molar-refractivity contribution in [1.29, 1.82) is 0 Å². The summed E-state index contributed by atoms with van der Waals surface area (Å²) in [5, 5.41) is 4.07. The minimum absolute atomic E-state index is 0.125. The molecule has 1 atom stereocenters. The number of hydrogen-bond acceptors (Lipinski definition) is 3. The lowest BCUT2D eigenvalue weighted by Gasteiger charge is -2.44. The maximum atomic E-state index is 13.8. The number of aromatic nitrogens is 1. The number of nitrogens with zero attached hydrogens (tertiary/aromatic N) is 2. The number of rotatable bonds is 8. The van der Waals surface area contributed by atoms with Gasteiger partial charge in [-0.05, 0) is 51.8 Å². The molecule has 4 rings (SSSR count). The van der Waals surface area contributed by atoms with Crippen LogP contribution in [0.2, 0.25) is 0 Å². The molecule has 33 heavy (non-hydrogen) atoms. The Morgan fingerprint density at radius 1 is 1.15 bits per heavy atom. The Hall–Kier alpha value is -3.12. The Morgan fingerprint density at radius 2 is 1.94 bits per heavy atom. The second kappa shape index (κ2) is 9.40. The number of carbonyl (C=O) groups is 2. The lowest BCUT2D eigenvalue weighted by atomic mass is 9.93. The average molecular weight is 448 g/mol. The van der Waals surface area contributed by atoms with Gasteiger partial charge in [-0.1, -0.05) is 48.0 Å². The summed E-state index contributed by atoms with van der Waals surface area (Å²) >= 11 is 0. The first-order valence-electron chi connectivity index (χ1n) is 11.7. The molecule has 0 bridgehead atoms. The normalized spacial score (nSPS) is 18.1. The van der Waals surface area contributed by atoms with Gasteiger partial charge in [0.2, 0.25) is 5.91 Å². The number of amides is 2. The average Bonchev–Trinajstić information content (AvgIpc) is 3.14. The highest BCUT2D eigenvalue weighted by Gasteiger charge is 2.47. The fourth-order valence-electron chi connectivity index (χ4n) is 4.53. The number of nitrogens with one attached hydrogen (secondary N) is 1. The van der Waals surface area contributed by atoms with Gasteiger partial charge in [0, 0.05) is 30.6 Å². The quantitative estimate of drug-likeness (QED) is 0.524. The largest absolute Gasteiger partial charge is 0.379 e. The van der Waals surface area contributed by atoms with Crippen LogP contribution in [0, 0.1) is 6.92 Å². The van der Waals surface area contributed by atoms with Crippen molar-refractivity contribution in [3.05, 3.63) is 71.4 Å². The molecule has 1 aliphatic rings. The van der Waals surface area contributed by atoms with E-state index in [0.717, 1.165) is 28.5 Å². The van der Waals surface area contributed by atoms with Crippen molar-refractivity contribution in [3.63, 3.8) is 0 Å². The summed E-state index contributed by atoms with van der Waals surface area (Å²) < 4.78 is 7.58. The fraction of sp³-hybridized carbons (Fsp3) is 0.407. The van der Waals surface area contributed by atoms with Gasteiger partial charge in [-0.25, -0.2) is 0 Å². The predicted octanol–water partition coefficient (Wildman–Crippen LogP) is 4.30. The van der Waals surface area contributed by atoms with Gasteiger partial charge in [-0.2, -0.15) is 0 Å². The van der Waals surface area contributed by atoms with Gasteiger partial charge >= 0.3 is 0 Å². The summed E-state index contributed by atoms with van der Waals surface area (Å²) in [6.45, 7) is 9.78. The first kappa shape index (κ1) is 23.1. The predicted molar refractivity (Wildman–Crippen MR) is 130 cm³/mol. The van der Waals surface area contributed by atoms with Crippen molar-refractivity contribution in [2.24, 2.45) is 0 Å². The molecule has 0 radical (unpaired) electrons. The van der Waals surface area contributed by atoms with Gasteiger partial charge in [0.15, 0.2) is 0 Å². The number of hydrogen-bond donors (Lipinski definition) is 1. The van der Waals surface area contributed by atoms with Crippen LogP contribution in [0.5, 0.6) is 0 Å². The Balaban J connectivity index is 1.65. The maximum Gasteiger partial charge on any atom is 0.271 e. The molecule has 2 heterocycles. The second-order valence-electron chi connectivity index (χ2n) is 9.36. The molecule has 2 amide bonds. The first-order valence-corrected chi connectivity index (χ1v) is 11.7. The third-order valence-electron chi connectivity index (χ3n) is 6.31. The molecule has 0 unspecified atom stereocenters. The number of aryl methyl sites for hydroxylation is 1. The van der Waals surface area contributed by atoms with Gasteiger partial charge in [0.05, 0.1) is 12.6 Å². The van der Waals surface area contributed by atoms with E-state index >= 15 is 0 Å². The molecule has 0 saturated carbocycles. The maximum absolute atomic E-state index is 13.8. The third kappa shape index (κ3) is 4.67. The minimum atomic E-state index is -1.02. The Bertz CT molecular complexity index is 1170. The zero-order valence-corrected chi connectivity index (χ0v) is 19.9. The van der Waals surface area contributed by atoms with Crippen molar-refractivity contribution in [2.45, 2.75) is 58.8 Å². The molecule has 1 aromatic heterocycles. The van der Waals surface area contributed by atoms with E-state index in [2.05, 4.69) is 11.4 Å². The van der Waals surface area contributed by atoms with E-state index in [-0.39, 0.29) is 17.9 Å². The summed E-state index contributed by atoms with van der Waals surface area (Å²) in [6.07, 6.45) is 0.892. The Labute approximate surface area is 195 Å².